The molecule has 0 aromatic heterocycles. The zero-order valence-electron chi connectivity index (χ0n) is 18.3. The number of halogens is 4. The second-order valence-electron chi connectivity index (χ2n) is 7.56. The number of hydrogen-bond acceptors (Lipinski definition) is 5. The van der Waals surface area contributed by atoms with Gasteiger partial charge in [0, 0.05) is 9.26 Å². The Labute approximate surface area is 241 Å². The Morgan fingerprint density at radius 3 is 2.44 bits per heavy atom. The van der Waals surface area contributed by atoms with Crippen molar-refractivity contribution in [2.45, 2.75) is 6.61 Å². The minimum absolute atomic E-state index is 0.185. The van der Waals surface area contributed by atoms with Gasteiger partial charge in [-0.2, -0.15) is 0 Å². The van der Waals surface area contributed by atoms with Gasteiger partial charge in [0.25, 0.3) is 11.1 Å². The van der Waals surface area contributed by atoms with Gasteiger partial charge >= 0.3 is 0 Å². The number of nitrogens with zero attached hydrogens (tertiary/aromatic N) is 1. The summed E-state index contributed by atoms with van der Waals surface area (Å²) in [5.74, 6) is -1.09. The van der Waals surface area contributed by atoms with E-state index in [0.717, 1.165) is 31.9 Å². The number of carbonyl (C=O) groups excluding carboxylic acids is 3. The number of carbonyl (C=O) groups is 3. The molecule has 6 nitrogen and oxygen atoms in total. The van der Waals surface area contributed by atoms with Crippen LogP contribution in [0.4, 0.5) is 14.9 Å². The molecule has 184 valence electrons. The molecule has 1 aliphatic rings. The van der Waals surface area contributed by atoms with Crippen LogP contribution in [0, 0.1) is 9.39 Å². The maximum Gasteiger partial charge on any atom is 0.294 e. The first-order chi connectivity index (χ1) is 17.2. The highest BCUT2D eigenvalue weighted by Crippen LogP contribution is 2.38. The van der Waals surface area contributed by atoms with E-state index in [-0.39, 0.29) is 10.6 Å². The van der Waals surface area contributed by atoms with E-state index in [9.17, 15) is 18.8 Å². The monoisotopic (exact) mass is 744 g/mol. The summed E-state index contributed by atoms with van der Waals surface area (Å²) in [6.07, 6.45) is 1.58. The fraction of sp³-hybridized carbons (Fsp3) is 0.0800. The normalized spacial score (nSPS) is 14.4. The van der Waals surface area contributed by atoms with Gasteiger partial charge in [-0.1, -0.05) is 18.2 Å². The molecule has 1 heterocycles. The average Bonchev–Trinajstić information content (AvgIpc) is 3.07. The molecule has 0 radical (unpaired) electrons. The second-order valence-corrected chi connectivity index (χ2v) is 11.5. The fourth-order valence-electron chi connectivity index (χ4n) is 3.23. The summed E-state index contributed by atoms with van der Waals surface area (Å²) in [5.41, 5.74) is 1.92. The molecule has 0 spiro atoms. The van der Waals surface area contributed by atoms with E-state index in [1.807, 2.05) is 24.3 Å². The van der Waals surface area contributed by atoms with Crippen molar-refractivity contribution in [1.82, 2.24) is 4.90 Å². The number of thioether (sulfide) groups is 1. The van der Waals surface area contributed by atoms with Crippen molar-refractivity contribution in [2.75, 3.05) is 11.9 Å². The zero-order chi connectivity index (χ0) is 25.8. The number of anilines is 1. The van der Waals surface area contributed by atoms with Crippen molar-refractivity contribution in [3.63, 3.8) is 0 Å². The summed E-state index contributed by atoms with van der Waals surface area (Å²) >= 11 is 10.0. The van der Waals surface area contributed by atoms with Gasteiger partial charge in [0.15, 0.2) is 0 Å². The third-order valence-corrected chi connectivity index (χ3v) is 7.70. The van der Waals surface area contributed by atoms with Crippen LogP contribution in [0.15, 0.2) is 74.5 Å². The van der Waals surface area contributed by atoms with Crippen LogP contribution < -0.4 is 10.1 Å². The molecule has 1 aliphatic heterocycles. The molecule has 4 rings (SSSR count). The van der Waals surface area contributed by atoms with E-state index in [2.05, 4.69) is 59.8 Å². The molecule has 11 heteroatoms. The summed E-state index contributed by atoms with van der Waals surface area (Å²) in [6, 6.07) is 16.9. The Balaban J connectivity index is 1.43. The number of rotatable bonds is 7. The third-order valence-electron chi connectivity index (χ3n) is 4.90. The van der Waals surface area contributed by atoms with Gasteiger partial charge in [-0.3, -0.25) is 19.3 Å². The Morgan fingerprint density at radius 1 is 1.08 bits per heavy atom. The van der Waals surface area contributed by atoms with E-state index >= 15 is 0 Å². The van der Waals surface area contributed by atoms with Crippen molar-refractivity contribution in [2.24, 2.45) is 0 Å². The quantitative estimate of drug-likeness (QED) is 0.205. The molecular weight excluding hydrogens is 730 g/mol. The molecule has 0 bridgehead atoms. The van der Waals surface area contributed by atoms with E-state index in [1.165, 1.54) is 18.2 Å². The number of nitrogens with one attached hydrogen (secondary N) is 1. The molecule has 0 aliphatic carbocycles. The summed E-state index contributed by atoms with van der Waals surface area (Å²) in [5, 5.41) is 1.92. The van der Waals surface area contributed by atoms with Crippen LogP contribution in [-0.2, 0) is 16.2 Å². The van der Waals surface area contributed by atoms with Gasteiger partial charge in [0.05, 0.1) is 13.9 Å². The average molecular weight is 746 g/mol. The van der Waals surface area contributed by atoms with Crippen molar-refractivity contribution in [3.05, 3.63) is 95.0 Å². The molecule has 1 N–H and O–H groups in total. The molecule has 1 saturated heterocycles. The Bertz CT molecular complexity index is 1360. The third kappa shape index (κ3) is 6.75. The molecule has 3 amide bonds. The maximum absolute atomic E-state index is 13.3. The highest BCUT2D eigenvalue weighted by atomic mass is 127. The van der Waals surface area contributed by atoms with Crippen LogP contribution in [0.1, 0.15) is 11.1 Å². The first-order valence-corrected chi connectivity index (χ1v) is 13.8. The minimum Gasteiger partial charge on any atom is -0.487 e. The first-order valence-electron chi connectivity index (χ1n) is 10.4. The topological polar surface area (TPSA) is 75.7 Å². The lowest BCUT2D eigenvalue weighted by Crippen LogP contribution is -2.36. The van der Waals surface area contributed by atoms with Crippen LogP contribution in [0.2, 0.25) is 0 Å². The molecule has 3 aromatic rings. The van der Waals surface area contributed by atoms with Crippen molar-refractivity contribution in [1.29, 1.82) is 0 Å². The number of imide groups is 1. The number of hydrogen-bond donors (Lipinski definition) is 1. The minimum atomic E-state index is -0.607. The molecule has 0 atom stereocenters. The van der Waals surface area contributed by atoms with Crippen molar-refractivity contribution in [3.8, 4) is 5.75 Å². The molecule has 1 fully saturated rings. The summed E-state index contributed by atoms with van der Waals surface area (Å²) in [6.45, 7) is -0.0960. The highest BCUT2D eigenvalue weighted by Gasteiger charge is 2.36. The van der Waals surface area contributed by atoms with Gasteiger partial charge in [-0.15, -0.1) is 0 Å². The largest absolute Gasteiger partial charge is 0.487 e. The lowest BCUT2D eigenvalue weighted by atomic mass is 10.2. The number of ether oxygens (including phenoxy) is 1. The lowest BCUT2D eigenvalue weighted by molar-refractivity contribution is -0.127. The van der Waals surface area contributed by atoms with E-state index < -0.39 is 29.4 Å². The standard InChI is InChI=1S/C25H16Br2FIN2O4S/c26-19-8-15(9-20(27)23(19)35-13-14-4-6-17(29)7-5-14)10-21-24(33)31(25(34)36-21)12-22(32)30-18-3-1-2-16(28)11-18/h1-11H,12-13H2,(H,30,32)/b21-10+. The summed E-state index contributed by atoms with van der Waals surface area (Å²) < 4.78 is 21.8. The molecular formula is C25H16Br2FIN2O4S. The number of benzene rings is 3. The smallest absolute Gasteiger partial charge is 0.294 e. The van der Waals surface area contributed by atoms with Crippen LogP contribution in [-0.4, -0.2) is 28.5 Å². The summed E-state index contributed by atoms with van der Waals surface area (Å²) in [7, 11) is 0. The van der Waals surface area contributed by atoms with E-state index in [0.29, 0.717) is 26.9 Å². The molecule has 0 saturated carbocycles. The van der Waals surface area contributed by atoms with E-state index in [1.54, 1.807) is 18.2 Å². The van der Waals surface area contributed by atoms with Gasteiger partial charge < -0.3 is 10.1 Å². The molecule has 0 unspecified atom stereocenters. The van der Waals surface area contributed by atoms with Crippen LogP contribution >= 0.6 is 66.2 Å². The van der Waals surface area contributed by atoms with Crippen LogP contribution in [0.25, 0.3) is 6.08 Å². The van der Waals surface area contributed by atoms with E-state index in [4.69, 9.17) is 4.74 Å². The molecule has 3 aromatic carbocycles. The predicted octanol–water partition coefficient (Wildman–Crippen LogP) is 7.21. The summed E-state index contributed by atoms with van der Waals surface area (Å²) in [4.78, 5) is 38.6. The van der Waals surface area contributed by atoms with Gasteiger partial charge in [0.2, 0.25) is 5.91 Å². The van der Waals surface area contributed by atoms with Gasteiger partial charge in [-0.25, -0.2) is 4.39 Å². The Hall–Kier alpha value is -2.22. The van der Waals surface area contributed by atoms with Crippen LogP contribution in [0.3, 0.4) is 0 Å². The fourth-order valence-corrected chi connectivity index (χ4v) is 5.88. The second kappa shape index (κ2) is 11.9. The SMILES string of the molecule is O=C(CN1C(=O)S/C(=C/c2cc(Br)c(OCc3ccc(I)cc3)c(Br)c2)C1=O)Nc1cccc(F)c1. The molecule has 36 heavy (non-hydrogen) atoms. The van der Waals surface area contributed by atoms with Crippen molar-refractivity contribution >= 4 is 95.0 Å². The zero-order valence-corrected chi connectivity index (χ0v) is 24.4. The Kier molecular flexibility index (Phi) is 8.86. The lowest BCUT2D eigenvalue weighted by Gasteiger charge is -2.13. The predicted molar refractivity (Wildman–Crippen MR) is 153 cm³/mol. The van der Waals surface area contributed by atoms with Gasteiger partial charge in [-0.05, 0) is 126 Å². The number of amides is 3. The first kappa shape index (κ1) is 26.8. The van der Waals surface area contributed by atoms with Crippen molar-refractivity contribution < 1.29 is 23.5 Å². The Morgan fingerprint density at radius 2 is 1.78 bits per heavy atom. The van der Waals surface area contributed by atoms with Gasteiger partial charge in [0.1, 0.15) is 24.7 Å². The highest BCUT2D eigenvalue weighted by molar-refractivity contribution is 14.1. The maximum atomic E-state index is 13.3. The van der Waals surface area contributed by atoms with Crippen LogP contribution in [0.5, 0.6) is 5.75 Å².